The molecule has 0 bridgehead atoms. The first-order chi connectivity index (χ1) is 24.4. The van der Waals surface area contributed by atoms with Crippen molar-refractivity contribution >= 4 is 34.6 Å². The molecule has 0 spiro atoms. The second-order valence-electron chi connectivity index (χ2n) is 12.8. The molecule has 50 heavy (non-hydrogen) atoms. The minimum absolute atomic E-state index is 0.267. The van der Waals surface area contributed by atoms with Crippen LogP contribution in [0.1, 0.15) is 18.4 Å². The van der Waals surface area contributed by atoms with Crippen LogP contribution in [0.25, 0.3) is 5.69 Å². The van der Waals surface area contributed by atoms with E-state index >= 15 is 0 Å². The highest BCUT2D eigenvalue weighted by Gasteiger charge is 2.45. The van der Waals surface area contributed by atoms with Crippen molar-refractivity contribution in [3.63, 3.8) is 0 Å². The smallest absolute Gasteiger partial charge is 0.351 e. The molecule has 2 atom stereocenters. The molecule has 12 nitrogen and oxygen atoms in total. The van der Waals surface area contributed by atoms with Crippen molar-refractivity contribution in [1.29, 1.82) is 0 Å². The van der Waals surface area contributed by atoms with Crippen molar-refractivity contribution in [3.8, 4) is 11.4 Å². The second-order valence-corrected chi connectivity index (χ2v) is 13.7. The van der Waals surface area contributed by atoms with Gasteiger partial charge in [-0.15, -0.1) is 0 Å². The maximum absolute atomic E-state index is 12.9. The fraction of sp³-hybridized carbons (Fsp3) is 0.361. The summed E-state index contributed by atoms with van der Waals surface area (Å²) in [6.45, 7) is 5.59. The molecule has 3 aromatic carbocycles. The van der Waals surface area contributed by atoms with E-state index in [4.69, 9.17) is 37.4 Å². The number of benzene rings is 3. The van der Waals surface area contributed by atoms with E-state index in [0.29, 0.717) is 54.1 Å². The molecule has 2 aromatic heterocycles. The highest BCUT2D eigenvalue weighted by Crippen LogP contribution is 2.40. The molecule has 5 heterocycles. The summed E-state index contributed by atoms with van der Waals surface area (Å²) >= 11 is 12.8. The summed E-state index contributed by atoms with van der Waals surface area (Å²) in [4.78, 5) is 34.7. The fourth-order valence-electron chi connectivity index (χ4n) is 7.05. The third-order valence-corrected chi connectivity index (χ3v) is 10.2. The number of rotatable bonds is 9. The summed E-state index contributed by atoms with van der Waals surface area (Å²) in [6.07, 6.45) is 6.78. The number of halogens is 2. The number of anilines is 2. The molecular weight excluding hydrogens is 681 g/mol. The molecule has 2 saturated heterocycles. The summed E-state index contributed by atoms with van der Waals surface area (Å²) in [5.74, 6) is -0.360. The van der Waals surface area contributed by atoms with Gasteiger partial charge in [-0.3, -0.25) is 0 Å². The zero-order valence-corrected chi connectivity index (χ0v) is 28.9. The molecule has 14 heteroatoms. The SMILES string of the molecule is O=c1n(-c2ccc(N3CCN(c4ccc(OC[C@@H]5CO[C@@](Cn6ccnc6)(c6ccc(Cl)cc6Cl)O5)cc4)CC3)cc2)c(=O)n2n1CCCC2. The summed E-state index contributed by atoms with van der Waals surface area (Å²) in [6, 6.07) is 21.1. The number of hydrogen-bond donors (Lipinski definition) is 0. The van der Waals surface area contributed by atoms with Crippen molar-refractivity contribution < 1.29 is 14.2 Å². The van der Waals surface area contributed by atoms with Gasteiger partial charge in [-0.1, -0.05) is 29.3 Å². The Hall–Kier alpha value is -4.49. The molecule has 0 radical (unpaired) electrons. The molecule has 0 N–H and O–H groups in total. The van der Waals surface area contributed by atoms with E-state index in [1.54, 1.807) is 34.0 Å². The van der Waals surface area contributed by atoms with E-state index in [9.17, 15) is 9.59 Å². The predicted octanol–water partition coefficient (Wildman–Crippen LogP) is 4.77. The van der Waals surface area contributed by atoms with Gasteiger partial charge in [0.15, 0.2) is 0 Å². The van der Waals surface area contributed by atoms with Gasteiger partial charge < -0.3 is 28.6 Å². The van der Waals surface area contributed by atoms with E-state index in [2.05, 4.69) is 26.9 Å². The lowest BCUT2D eigenvalue weighted by molar-refractivity contribution is -0.189. The van der Waals surface area contributed by atoms with Crippen LogP contribution in [0.2, 0.25) is 10.0 Å². The minimum Gasteiger partial charge on any atom is -0.491 e. The lowest BCUT2D eigenvalue weighted by Crippen LogP contribution is -2.46. The molecule has 3 aliphatic heterocycles. The summed E-state index contributed by atoms with van der Waals surface area (Å²) in [5, 5.41) is 1.01. The minimum atomic E-state index is -1.11. The number of nitrogens with zero attached hydrogens (tertiary/aromatic N) is 7. The number of ether oxygens (including phenoxy) is 3. The zero-order chi connectivity index (χ0) is 34.2. The van der Waals surface area contributed by atoms with Gasteiger partial charge in [-0.2, -0.15) is 0 Å². The maximum Gasteiger partial charge on any atom is 0.351 e. The molecule has 0 amide bonds. The Labute approximate surface area is 298 Å². The van der Waals surface area contributed by atoms with Crippen LogP contribution in [0.4, 0.5) is 11.4 Å². The molecule has 8 rings (SSSR count). The maximum atomic E-state index is 12.9. The van der Waals surface area contributed by atoms with E-state index in [1.165, 1.54) is 4.57 Å². The Bertz CT molecular complexity index is 2030. The van der Waals surface area contributed by atoms with E-state index in [-0.39, 0.29) is 17.5 Å². The summed E-state index contributed by atoms with van der Waals surface area (Å²) in [7, 11) is 0. The topological polar surface area (TPSA) is 101 Å². The summed E-state index contributed by atoms with van der Waals surface area (Å²) < 4.78 is 25.3. The van der Waals surface area contributed by atoms with Crippen LogP contribution in [-0.2, 0) is 34.9 Å². The average Bonchev–Trinajstić information content (AvgIpc) is 3.87. The summed E-state index contributed by atoms with van der Waals surface area (Å²) in [5.41, 5.74) is 2.96. The van der Waals surface area contributed by atoms with Gasteiger partial charge >= 0.3 is 11.4 Å². The zero-order valence-electron chi connectivity index (χ0n) is 27.4. The largest absolute Gasteiger partial charge is 0.491 e. The van der Waals surface area contributed by atoms with Gasteiger partial charge in [0.2, 0.25) is 5.79 Å². The third kappa shape index (κ3) is 6.32. The quantitative estimate of drug-likeness (QED) is 0.215. The normalized spacial score (nSPS) is 20.6. The lowest BCUT2D eigenvalue weighted by atomic mass is 10.1. The van der Waals surface area contributed by atoms with Crippen molar-refractivity contribution in [1.82, 2.24) is 23.5 Å². The van der Waals surface area contributed by atoms with Crippen molar-refractivity contribution in [2.45, 2.75) is 44.4 Å². The monoisotopic (exact) mass is 717 g/mol. The van der Waals surface area contributed by atoms with Gasteiger partial charge in [0, 0.05) is 73.6 Å². The Morgan fingerprint density at radius 3 is 2.02 bits per heavy atom. The van der Waals surface area contributed by atoms with E-state index in [1.807, 2.05) is 53.2 Å². The van der Waals surface area contributed by atoms with Crippen molar-refractivity contribution in [2.75, 3.05) is 49.2 Å². The van der Waals surface area contributed by atoms with Gasteiger partial charge in [-0.05, 0) is 73.5 Å². The van der Waals surface area contributed by atoms with Crippen LogP contribution < -0.4 is 25.9 Å². The standard InChI is InChI=1S/C36H37Cl2N7O5/c37-26-3-12-32(33(38)21-26)36(24-40-16-13-39-25-40)49-23-31(50-36)22-48-30-10-8-28(9-11-30)42-19-17-41(18-20-42)27-4-6-29(7-5-27)45-34(46)43-14-1-2-15-44(43)35(45)47/h3-13,16,21,25,31H,1-2,14-15,17-20,22-24H2/t31-,36-/m1/s1. The van der Waals surface area contributed by atoms with Crippen LogP contribution in [0, 0.1) is 0 Å². The Kier molecular flexibility index (Phi) is 8.94. The van der Waals surface area contributed by atoms with E-state index < -0.39 is 5.79 Å². The number of fused-ring (bicyclic) bond motifs is 1. The van der Waals surface area contributed by atoms with Gasteiger partial charge in [0.05, 0.1) is 30.2 Å². The number of hydrogen-bond acceptors (Lipinski definition) is 8. The van der Waals surface area contributed by atoms with Crippen LogP contribution in [0.3, 0.4) is 0 Å². The first-order valence-corrected chi connectivity index (χ1v) is 17.6. The molecule has 5 aromatic rings. The lowest BCUT2D eigenvalue weighted by Gasteiger charge is -2.37. The molecule has 2 fully saturated rings. The molecular formula is C36H37Cl2N7O5. The molecule has 3 aliphatic rings. The van der Waals surface area contributed by atoms with Crippen LogP contribution in [-0.4, -0.2) is 69.0 Å². The van der Waals surface area contributed by atoms with Crippen LogP contribution in [0.15, 0.2) is 95.0 Å². The highest BCUT2D eigenvalue weighted by atomic mass is 35.5. The Morgan fingerprint density at radius 1 is 0.800 bits per heavy atom. The molecule has 0 unspecified atom stereocenters. The molecule has 260 valence electrons. The fourth-order valence-corrected chi connectivity index (χ4v) is 7.60. The van der Waals surface area contributed by atoms with Crippen LogP contribution in [0.5, 0.6) is 5.75 Å². The van der Waals surface area contributed by atoms with Crippen molar-refractivity contribution in [2.24, 2.45) is 0 Å². The first-order valence-electron chi connectivity index (χ1n) is 16.9. The Morgan fingerprint density at radius 2 is 1.42 bits per heavy atom. The number of imidazole rings is 1. The van der Waals surface area contributed by atoms with Gasteiger partial charge in [0.25, 0.3) is 0 Å². The van der Waals surface area contributed by atoms with Crippen LogP contribution >= 0.6 is 23.2 Å². The average molecular weight is 719 g/mol. The van der Waals surface area contributed by atoms with Gasteiger partial charge in [-0.25, -0.2) is 28.5 Å². The third-order valence-electron chi connectivity index (χ3n) is 9.65. The number of aromatic nitrogens is 5. The highest BCUT2D eigenvalue weighted by molar-refractivity contribution is 6.35. The second kappa shape index (κ2) is 13.7. The van der Waals surface area contributed by atoms with Gasteiger partial charge in [0.1, 0.15) is 18.5 Å². The van der Waals surface area contributed by atoms with E-state index in [0.717, 1.165) is 56.1 Å². The Balaban J connectivity index is 0.861. The first kappa shape index (κ1) is 32.7. The van der Waals surface area contributed by atoms with Crippen molar-refractivity contribution in [3.05, 3.63) is 122 Å². The number of piperazine rings is 1. The predicted molar refractivity (Wildman–Crippen MR) is 191 cm³/mol. The molecule has 0 saturated carbocycles. The molecule has 0 aliphatic carbocycles.